The molecule has 0 bridgehead atoms. The molecule has 1 fully saturated rings. The Labute approximate surface area is 79.2 Å². The van der Waals surface area contributed by atoms with Gasteiger partial charge in [0.15, 0.2) is 0 Å². The number of nitrogens with one attached hydrogen (secondary N) is 1. The Morgan fingerprint density at radius 2 is 2.31 bits per heavy atom. The van der Waals surface area contributed by atoms with E-state index in [9.17, 15) is 4.79 Å². The van der Waals surface area contributed by atoms with Gasteiger partial charge in [0, 0.05) is 26.7 Å². The molecule has 0 spiro atoms. The van der Waals surface area contributed by atoms with Crippen LogP contribution in [0.4, 0.5) is 0 Å². The molecular formula is C9H18N2O2. The van der Waals surface area contributed by atoms with E-state index in [0.717, 1.165) is 13.1 Å². The summed E-state index contributed by atoms with van der Waals surface area (Å²) in [5.41, 5.74) is -0.243. The van der Waals surface area contributed by atoms with Crippen molar-refractivity contribution in [1.82, 2.24) is 10.2 Å². The number of ether oxygens (including phenoxy) is 1. The molecule has 0 aromatic rings. The van der Waals surface area contributed by atoms with E-state index in [1.54, 1.807) is 7.11 Å². The maximum absolute atomic E-state index is 11.4. The Morgan fingerprint density at radius 3 is 2.85 bits per heavy atom. The molecule has 13 heavy (non-hydrogen) atoms. The molecule has 0 saturated carbocycles. The number of hydrogen-bond donors (Lipinski definition) is 1. The summed E-state index contributed by atoms with van der Waals surface area (Å²) in [7, 11) is 1.67. The van der Waals surface area contributed by atoms with E-state index in [2.05, 4.69) is 5.32 Å². The number of carbonyl (C=O) groups is 1. The molecule has 0 atom stereocenters. The topological polar surface area (TPSA) is 41.6 Å². The van der Waals surface area contributed by atoms with Gasteiger partial charge in [-0.2, -0.15) is 0 Å². The predicted molar refractivity (Wildman–Crippen MR) is 50.5 cm³/mol. The van der Waals surface area contributed by atoms with Gasteiger partial charge in [-0.05, 0) is 13.8 Å². The van der Waals surface area contributed by atoms with Crippen LogP contribution in [0, 0.1) is 0 Å². The van der Waals surface area contributed by atoms with Crippen LogP contribution in [0.25, 0.3) is 0 Å². The molecule has 1 heterocycles. The highest BCUT2D eigenvalue weighted by atomic mass is 16.5. The molecule has 0 unspecified atom stereocenters. The van der Waals surface area contributed by atoms with Crippen LogP contribution >= 0.6 is 0 Å². The average molecular weight is 186 g/mol. The monoisotopic (exact) mass is 186 g/mol. The first-order chi connectivity index (χ1) is 6.05. The maximum Gasteiger partial charge on any atom is 0.236 e. The highest BCUT2D eigenvalue weighted by Gasteiger charge is 2.25. The van der Waals surface area contributed by atoms with Crippen LogP contribution < -0.4 is 5.32 Å². The summed E-state index contributed by atoms with van der Waals surface area (Å²) < 4.78 is 5.27. The first kappa shape index (κ1) is 10.5. The SMILES string of the molecule is COC(C)(C)CN1CCNCC1=O. The lowest BCUT2D eigenvalue weighted by Crippen LogP contribution is -2.52. The minimum atomic E-state index is -0.243. The third-order valence-electron chi connectivity index (χ3n) is 2.31. The van der Waals surface area contributed by atoms with Gasteiger partial charge >= 0.3 is 0 Å². The van der Waals surface area contributed by atoms with Gasteiger partial charge in [0.1, 0.15) is 0 Å². The number of hydrogen-bond acceptors (Lipinski definition) is 3. The van der Waals surface area contributed by atoms with Crippen LogP contribution in [0.5, 0.6) is 0 Å². The van der Waals surface area contributed by atoms with E-state index in [4.69, 9.17) is 4.74 Å². The quantitative estimate of drug-likeness (QED) is 0.666. The van der Waals surface area contributed by atoms with E-state index in [1.165, 1.54) is 0 Å². The molecule has 4 nitrogen and oxygen atoms in total. The third-order valence-corrected chi connectivity index (χ3v) is 2.31. The zero-order chi connectivity index (χ0) is 9.90. The summed E-state index contributed by atoms with van der Waals surface area (Å²) in [4.78, 5) is 13.2. The van der Waals surface area contributed by atoms with E-state index < -0.39 is 0 Å². The molecule has 1 aliphatic heterocycles. The largest absolute Gasteiger partial charge is 0.377 e. The third kappa shape index (κ3) is 2.97. The van der Waals surface area contributed by atoms with Gasteiger partial charge in [-0.3, -0.25) is 4.79 Å². The fraction of sp³-hybridized carbons (Fsp3) is 0.889. The number of piperazine rings is 1. The van der Waals surface area contributed by atoms with Crippen molar-refractivity contribution in [1.29, 1.82) is 0 Å². The summed E-state index contributed by atoms with van der Waals surface area (Å²) in [6.07, 6.45) is 0. The number of methoxy groups -OCH3 is 1. The van der Waals surface area contributed by atoms with E-state index >= 15 is 0 Å². The average Bonchev–Trinajstić information content (AvgIpc) is 2.09. The van der Waals surface area contributed by atoms with Gasteiger partial charge in [0.05, 0.1) is 12.1 Å². The fourth-order valence-corrected chi connectivity index (χ4v) is 1.34. The van der Waals surface area contributed by atoms with Gasteiger partial charge in [-0.25, -0.2) is 0 Å². The smallest absolute Gasteiger partial charge is 0.236 e. The predicted octanol–water partition coefficient (Wildman–Crippen LogP) is -0.157. The molecule has 0 aromatic heterocycles. The van der Waals surface area contributed by atoms with Crippen LogP contribution in [-0.4, -0.2) is 49.7 Å². The molecule has 0 aromatic carbocycles. The second-order valence-corrected chi connectivity index (χ2v) is 3.96. The second-order valence-electron chi connectivity index (χ2n) is 3.96. The number of carbonyl (C=O) groups excluding carboxylic acids is 1. The van der Waals surface area contributed by atoms with E-state index in [1.807, 2.05) is 18.7 Å². The lowest BCUT2D eigenvalue weighted by atomic mass is 10.1. The number of nitrogens with zero attached hydrogens (tertiary/aromatic N) is 1. The fourth-order valence-electron chi connectivity index (χ4n) is 1.34. The van der Waals surface area contributed by atoms with Crippen molar-refractivity contribution >= 4 is 5.91 Å². The minimum absolute atomic E-state index is 0.163. The van der Waals surface area contributed by atoms with Crippen LogP contribution in [0.1, 0.15) is 13.8 Å². The van der Waals surface area contributed by atoms with Gasteiger partial charge in [0.2, 0.25) is 5.91 Å². The number of amides is 1. The molecule has 1 saturated heterocycles. The Balaban J connectivity index is 2.47. The molecule has 1 amide bonds. The molecule has 0 aliphatic carbocycles. The molecule has 76 valence electrons. The minimum Gasteiger partial charge on any atom is -0.377 e. The van der Waals surface area contributed by atoms with Gasteiger partial charge < -0.3 is 15.0 Å². The van der Waals surface area contributed by atoms with Crippen molar-refractivity contribution in [2.45, 2.75) is 19.4 Å². The van der Waals surface area contributed by atoms with E-state index in [0.29, 0.717) is 13.1 Å². The van der Waals surface area contributed by atoms with Crippen LogP contribution in [-0.2, 0) is 9.53 Å². The summed E-state index contributed by atoms with van der Waals surface area (Å²) in [5, 5.41) is 3.04. The van der Waals surface area contributed by atoms with Crippen LogP contribution in [0.3, 0.4) is 0 Å². The van der Waals surface area contributed by atoms with E-state index in [-0.39, 0.29) is 11.5 Å². The first-order valence-electron chi connectivity index (χ1n) is 4.59. The van der Waals surface area contributed by atoms with Gasteiger partial charge in [0.25, 0.3) is 0 Å². The Morgan fingerprint density at radius 1 is 1.62 bits per heavy atom. The standard InChI is InChI=1S/C9H18N2O2/c1-9(2,13-3)7-11-5-4-10-6-8(11)12/h10H,4-7H2,1-3H3. The van der Waals surface area contributed by atoms with Gasteiger partial charge in [-0.1, -0.05) is 0 Å². The highest BCUT2D eigenvalue weighted by molar-refractivity contribution is 5.79. The van der Waals surface area contributed by atoms with Crippen molar-refractivity contribution in [3.8, 4) is 0 Å². The van der Waals surface area contributed by atoms with Crippen molar-refractivity contribution < 1.29 is 9.53 Å². The lowest BCUT2D eigenvalue weighted by molar-refractivity contribution is -0.135. The molecule has 1 N–H and O–H groups in total. The van der Waals surface area contributed by atoms with Crippen LogP contribution in [0.15, 0.2) is 0 Å². The van der Waals surface area contributed by atoms with Crippen molar-refractivity contribution in [3.63, 3.8) is 0 Å². The lowest BCUT2D eigenvalue weighted by Gasteiger charge is -2.34. The van der Waals surface area contributed by atoms with Gasteiger partial charge in [-0.15, -0.1) is 0 Å². The Hall–Kier alpha value is -0.610. The molecule has 0 radical (unpaired) electrons. The van der Waals surface area contributed by atoms with Crippen LogP contribution in [0.2, 0.25) is 0 Å². The molecule has 4 heteroatoms. The first-order valence-corrected chi connectivity index (χ1v) is 4.59. The molecule has 1 rings (SSSR count). The second kappa shape index (κ2) is 4.07. The normalized spacial score (nSPS) is 19.3. The zero-order valence-corrected chi connectivity index (χ0v) is 8.59. The zero-order valence-electron chi connectivity index (χ0n) is 8.59. The molecular weight excluding hydrogens is 168 g/mol. The van der Waals surface area contributed by atoms with Crippen molar-refractivity contribution in [2.75, 3.05) is 33.3 Å². The van der Waals surface area contributed by atoms with Crippen molar-refractivity contribution in [3.05, 3.63) is 0 Å². The number of rotatable bonds is 3. The Bertz CT molecular complexity index is 192. The Kier molecular flexibility index (Phi) is 3.27. The highest BCUT2D eigenvalue weighted by Crippen LogP contribution is 2.10. The summed E-state index contributed by atoms with van der Waals surface area (Å²) in [6.45, 7) is 6.77. The molecule has 1 aliphatic rings. The summed E-state index contributed by atoms with van der Waals surface area (Å²) in [5.74, 6) is 0.163. The van der Waals surface area contributed by atoms with Crippen molar-refractivity contribution in [2.24, 2.45) is 0 Å². The summed E-state index contributed by atoms with van der Waals surface area (Å²) in [6, 6.07) is 0. The maximum atomic E-state index is 11.4. The summed E-state index contributed by atoms with van der Waals surface area (Å²) >= 11 is 0.